The molecule has 10 heavy (non-hydrogen) atoms. The van der Waals surface area contributed by atoms with Crippen LogP contribution in [-0.4, -0.2) is 7.11 Å². The van der Waals surface area contributed by atoms with Crippen molar-refractivity contribution in [3.05, 3.63) is 29.8 Å². The normalized spacial score (nSPS) is 13.8. The summed E-state index contributed by atoms with van der Waals surface area (Å²) in [5, 5.41) is -1.53. The lowest BCUT2D eigenvalue weighted by molar-refractivity contribution is 0.411. The van der Waals surface area contributed by atoms with Gasteiger partial charge in [-0.05, 0) is 6.07 Å². The third kappa shape index (κ3) is 1.51. The maximum Gasteiger partial charge on any atom is 0.122 e. The van der Waals surface area contributed by atoms with E-state index in [0.29, 0.717) is 11.3 Å². The van der Waals surface area contributed by atoms with E-state index < -0.39 is 5.28 Å². The third-order valence-corrected chi connectivity index (χ3v) is 1.64. The summed E-state index contributed by atoms with van der Waals surface area (Å²) in [5.74, 6) is 0.555. The molecule has 0 N–H and O–H groups in total. The van der Waals surface area contributed by atoms with Gasteiger partial charge in [-0.2, -0.15) is 0 Å². The van der Waals surface area contributed by atoms with E-state index in [-0.39, 0.29) is 0 Å². The summed E-state index contributed by atoms with van der Waals surface area (Å²) in [6.07, 6.45) is 0. The monoisotopic (exact) mass is 202 g/mol. The molecular formula is C8H9BrO. The highest BCUT2D eigenvalue weighted by Gasteiger charge is 1.96. The van der Waals surface area contributed by atoms with Gasteiger partial charge in [0.25, 0.3) is 0 Å². The lowest BCUT2D eigenvalue weighted by Crippen LogP contribution is -1.87. The number of hydrogen-bond donors (Lipinski definition) is 0. The zero-order chi connectivity index (χ0) is 9.19. The van der Waals surface area contributed by atoms with Crippen LogP contribution in [0.1, 0.15) is 8.30 Å². The Morgan fingerprint density at radius 3 is 2.80 bits per heavy atom. The first-order valence-electron chi connectivity index (χ1n) is 3.88. The lowest BCUT2D eigenvalue weighted by atomic mass is 10.2. The molecule has 0 bridgehead atoms. The van der Waals surface area contributed by atoms with Crippen LogP contribution in [-0.2, 0) is 5.28 Å². The quantitative estimate of drug-likeness (QED) is 0.671. The Bertz CT molecular complexity index is 270. The summed E-state index contributed by atoms with van der Waals surface area (Å²) in [6.45, 7) is 0. The van der Waals surface area contributed by atoms with Crippen molar-refractivity contribution in [1.82, 2.24) is 0 Å². The Morgan fingerprint density at radius 1 is 1.60 bits per heavy atom. The van der Waals surface area contributed by atoms with Gasteiger partial charge in [0.2, 0.25) is 0 Å². The minimum absolute atomic E-state index is 0.507. The van der Waals surface area contributed by atoms with Crippen molar-refractivity contribution < 1.29 is 7.48 Å². The van der Waals surface area contributed by atoms with Crippen molar-refractivity contribution in [1.29, 1.82) is 0 Å². The van der Waals surface area contributed by atoms with Gasteiger partial charge in [0.1, 0.15) is 5.75 Å². The van der Waals surface area contributed by atoms with Gasteiger partial charge in [-0.25, -0.2) is 0 Å². The third-order valence-electron chi connectivity index (χ3n) is 1.21. The molecule has 0 amide bonds. The molecular weight excluding hydrogens is 192 g/mol. The van der Waals surface area contributed by atoms with Crippen molar-refractivity contribution in [2.75, 3.05) is 7.11 Å². The molecule has 0 aliphatic carbocycles. The van der Waals surface area contributed by atoms with Gasteiger partial charge >= 0.3 is 0 Å². The van der Waals surface area contributed by atoms with E-state index >= 15 is 0 Å². The molecule has 0 heterocycles. The van der Waals surface area contributed by atoms with Crippen molar-refractivity contribution >= 4 is 15.9 Å². The van der Waals surface area contributed by atoms with E-state index in [1.165, 1.54) is 7.11 Å². The van der Waals surface area contributed by atoms with Crippen LogP contribution in [0.5, 0.6) is 5.75 Å². The second-order valence-electron chi connectivity index (χ2n) is 1.79. The highest BCUT2D eigenvalue weighted by atomic mass is 79.9. The molecule has 1 rings (SSSR count). The molecule has 0 fully saturated rings. The predicted molar refractivity (Wildman–Crippen MR) is 45.6 cm³/mol. The van der Waals surface area contributed by atoms with E-state index in [0.717, 1.165) is 0 Å². The van der Waals surface area contributed by atoms with Crippen molar-refractivity contribution in [2.24, 2.45) is 0 Å². The van der Waals surface area contributed by atoms with Crippen LogP contribution in [0.4, 0.5) is 0 Å². The highest BCUT2D eigenvalue weighted by Crippen LogP contribution is 2.19. The molecule has 0 aliphatic heterocycles. The number of alkyl halides is 1. The van der Waals surface area contributed by atoms with Gasteiger partial charge in [0, 0.05) is 13.6 Å². The average molecular weight is 203 g/mol. The summed E-state index contributed by atoms with van der Waals surface area (Å²) >= 11 is 2.93. The van der Waals surface area contributed by atoms with Gasteiger partial charge < -0.3 is 4.74 Å². The topological polar surface area (TPSA) is 9.23 Å². The van der Waals surface area contributed by atoms with Crippen LogP contribution in [0, 0.1) is 0 Å². The van der Waals surface area contributed by atoms with Crippen LogP contribution in [0.25, 0.3) is 0 Å². The van der Waals surface area contributed by atoms with Gasteiger partial charge in [-0.1, -0.05) is 34.1 Å². The smallest absolute Gasteiger partial charge is 0.122 e. The molecule has 1 nitrogen and oxygen atoms in total. The average Bonchev–Trinajstić information content (AvgIpc) is 2.03. The van der Waals surface area contributed by atoms with Crippen molar-refractivity contribution in [2.45, 2.75) is 5.28 Å². The Kier molecular flexibility index (Phi) is 1.88. The number of methoxy groups -OCH3 is 1. The molecule has 1 aromatic rings. The molecule has 0 saturated carbocycles. The van der Waals surface area contributed by atoms with Crippen LogP contribution in [0.2, 0.25) is 0 Å². The Hall–Kier alpha value is -0.500. The van der Waals surface area contributed by atoms with E-state index in [9.17, 15) is 0 Å². The van der Waals surface area contributed by atoms with E-state index in [1.54, 1.807) is 24.3 Å². The number of benzene rings is 1. The molecule has 0 radical (unpaired) electrons. The molecule has 54 valence electrons. The zero-order valence-electron chi connectivity index (χ0n) is 7.60. The number of para-hydroxylation sites is 1. The summed E-state index contributed by atoms with van der Waals surface area (Å²) in [6, 6.07) is 7.00. The molecule has 1 aromatic carbocycles. The first kappa shape index (κ1) is 5.19. The molecule has 0 atom stereocenters. The zero-order valence-corrected chi connectivity index (χ0v) is 7.18. The fraction of sp³-hybridized carbons (Fsp3) is 0.250. The molecule has 0 aliphatic rings. The molecule has 2 heteroatoms. The van der Waals surface area contributed by atoms with E-state index in [2.05, 4.69) is 15.9 Å². The van der Waals surface area contributed by atoms with E-state index in [1.807, 2.05) is 0 Å². The maximum atomic E-state index is 7.42. The minimum atomic E-state index is -1.53. The number of halogens is 1. The summed E-state index contributed by atoms with van der Waals surface area (Å²) in [4.78, 5) is 0. The standard InChI is InChI=1S/C8H9BrO/c1-10-8-5-3-2-4-7(8)6-9/h2-5H,6H2,1H3/i6D2. The highest BCUT2D eigenvalue weighted by molar-refractivity contribution is 9.08. The van der Waals surface area contributed by atoms with Crippen molar-refractivity contribution in [3.8, 4) is 5.75 Å². The first-order valence-corrected chi connectivity index (χ1v) is 3.67. The minimum Gasteiger partial charge on any atom is -0.496 e. The predicted octanol–water partition coefficient (Wildman–Crippen LogP) is 2.59. The summed E-state index contributed by atoms with van der Waals surface area (Å²) in [7, 11) is 1.53. The van der Waals surface area contributed by atoms with Crippen LogP contribution >= 0.6 is 15.9 Å². The molecule has 0 unspecified atom stereocenters. The SMILES string of the molecule is [2H]C([2H])(Br)c1ccccc1OC. The number of rotatable bonds is 2. The van der Waals surface area contributed by atoms with Crippen LogP contribution in [0.15, 0.2) is 24.3 Å². The molecule has 0 aromatic heterocycles. The van der Waals surface area contributed by atoms with E-state index in [4.69, 9.17) is 7.48 Å². The van der Waals surface area contributed by atoms with Crippen LogP contribution < -0.4 is 4.74 Å². The Balaban J connectivity index is 3.14. The van der Waals surface area contributed by atoms with Gasteiger partial charge in [-0.15, -0.1) is 0 Å². The van der Waals surface area contributed by atoms with Crippen molar-refractivity contribution in [3.63, 3.8) is 0 Å². The lowest BCUT2D eigenvalue weighted by Gasteiger charge is -2.03. The Labute approximate surface area is 72.0 Å². The van der Waals surface area contributed by atoms with Gasteiger partial charge in [0.15, 0.2) is 0 Å². The number of hydrogen-bond acceptors (Lipinski definition) is 1. The fourth-order valence-corrected chi connectivity index (χ4v) is 1.05. The van der Waals surface area contributed by atoms with Gasteiger partial charge in [-0.3, -0.25) is 0 Å². The Morgan fingerprint density at radius 2 is 2.30 bits per heavy atom. The molecule has 0 spiro atoms. The second-order valence-corrected chi connectivity index (χ2v) is 2.19. The molecule has 0 saturated heterocycles. The largest absolute Gasteiger partial charge is 0.496 e. The van der Waals surface area contributed by atoms with Crippen LogP contribution in [0.3, 0.4) is 0 Å². The van der Waals surface area contributed by atoms with Gasteiger partial charge in [0.05, 0.1) is 7.11 Å². The summed E-state index contributed by atoms with van der Waals surface area (Å²) < 4.78 is 19.8. The maximum absolute atomic E-state index is 7.42. The first-order chi connectivity index (χ1) is 5.55. The fourth-order valence-electron chi connectivity index (χ4n) is 0.723. The second kappa shape index (κ2) is 3.62. The summed E-state index contributed by atoms with van der Waals surface area (Å²) in [5.41, 5.74) is 0.507. The number of ether oxygens (including phenoxy) is 1.